The Morgan fingerprint density at radius 3 is 2.52 bits per heavy atom. The summed E-state index contributed by atoms with van der Waals surface area (Å²) in [7, 11) is 1.53. The molecule has 0 amide bonds. The van der Waals surface area contributed by atoms with E-state index in [1.54, 1.807) is 4.57 Å². The smallest absolute Gasteiger partial charge is 0.330 e. The first-order chi connectivity index (χ1) is 11.1. The van der Waals surface area contributed by atoms with Gasteiger partial charge in [0.2, 0.25) is 0 Å². The molecule has 1 aromatic heterocycles. The Balaban J connectivity index is 1.69. The lowest BCUT2D eigenvalue weighted by molar-refractivity contribution is -0.671. The van der Waals surface area contributed by atoms with Crippen molar-refractivity contribution < 1.29 is 5.32 Å². The molecule has 2 aromatic rings. The molecule has 0 atom stereocenters. The van der Waals surface area contributed by atoms with Crippen molar-refractivity contribution >= 4 is 0 Å². The number of rotatable bonds is 8. The van der Waals surface area contributed by atoms with E-state index in [4.69, 9.17) is 0 Å². The predicted octanol–water partition coefficient (Wildman–Crippen LogP) is 0.789. The molecular weight excluding hydrogens is 290 g/mol. The molecule has 0 fully saturated rings. The Hall–Kier alpha value is -2.14. The van der Waals surface area contributed by atoms with Crippen LogP contribution in [0.1, 0.15) is 30.5 Å². The lowest BCUT2D eigenvalue weighted by Crippen LogP contribution is -2.82. The van der Waals surface area contributed by atoms with Crippen molar-refractivity contribution in [3.8, 4) is 0 Å². The van der Waals surface area contributed by atoms with Crippen molar-refractivity contribution in [2.45, 2.75) is 39.3 Å². The van der Waals surface area contributed by atoms with Crippen LogP contribution in [0.3, 0.4) is 0 Å². The van der Waals surface area contributed by atoms with Crippen LogP contribution in [0.5, 0.6) is 0 Å². The second-order valence-electron chi connectivity index (χ2n) is 5.94. The Kier molecular flexibility index (Phi) is 6.35. The van der Waals surface area contributed by atoms with Crippen LogP contribution in [0, 0.1) is 6.92 Å². The maximum atomic E-state index is 12.1. The molecule has 0 spiro atoms. The SMILES string of the molecule is Cc1cc(=O)n(C)c(=O)n1CCCCC[NH2+]Cc1ccccc1. The van der Waals surface area contributed by atoms with Crippen LogP contribution in [0.2, 0.25) is 0 Å². The minimum absolute atomic E-state index is 0.217. The van der Waals surface area contributed by atoms with E-state index < -0.39 is 0 Å². The molecule has 1 heterocycles. The normalized spacial score (nSPS) is 10.9. The van der Waals surface area contributed by atoms with Gasteiger partial charge >= 0.3 is 5.69 Å². The lowest BCUT2D eigenvalue weighted by Gasteiger charge is -2.10. The summed E-state index contributed by atoms with van der Waals surface area (Å²) in [4.78, 5) is 23.6. The fraction of sp³-hybridized carbons (Fsp3) is 0.444. The van der Waals surface area contributed by atoms with Crippen LogP contribution in [0.4, 0.5) is 0 Å². The number of nitrogens with two attached hydrogens (primary N) is 1. The number of quaternary nitrogens is 1. The highest BCUT2D eigenvalue weighted by Crippen LogP contribution is 1.99. The van der Waals surface area contributed by atoms with E-state index in [2.05, 4.69) is 29.6 Å². The highest BCUT2D eigenvalue weighted by Gasteiger charge is 2.05. The summed E-state index contributed by atoms with van der Waals surface area (Å²) in [6.45, 7) is 4.60. The Morgan fingerprint density at radius 1 is 1.04 bits per heavy atom. The van der Waals surface area contributed by atoms with Gasteiger partial charge in [-0.05, 0) is 26.2 Å². The minimum Gasteiger partial charge on any atom is -0.343 e. The van der Waals surface area contributed by atoms with Gasteiger partial charge in [0.05, 0.1) is 6.54 Å². The molecule has 2 rings (SSSR count). The van der Waals surface area contributed by atoms with Crippen molar-refractivity contribution in [3.63, 3.8) is 0 Å². The zero-order chi connectivity index (χ0) is 16.7. The monoisotopic (exact) mass is 316 g/mol. The number of hydrogen-bond donors (Lipinski definition) is 1. The summed E-state index contributed by atoms with van der Waals surface area (Å²) < 4.78 is 2.86. The topological polar surface area (TPSA) is 60.6 Å². The van der Waals surface area contributed by atoms with Crippen molar-refractivity contribution in [1.82, 2.24) is 9.13 Å². The maximum Gasteiger partial charge on any atom is 0.330 e. The maximum absolute atomic E-state index is 12.1. The molecule has 0 unspecified atom stereocenters. The summed E-state index contributed by atoms with van der Waals surface area (Å²) in [5.41, 5.74) is 1.64. The average molecular weight is 316 g/mol. The number of benzene rings is 1. The van der Waals surface area contributed by atoms with E-state index in [9.17, 15) is 9.59 Å². The van der Waals surface area contributed by atoms with E-state index in [-0.39, 0.29) is 11.2 Å². The van der Waals surface area contributed by atoms with Gasteiger partial charge in [-0.25, -0.2) is 4.79 Å². The largest absolute Gasteiger partial charge is 0.343 e. The van der Waals surface area contributed by atoms with Gasteiger partial charge in [-0.2, -0.15) is 0 Å². The van der Waals surface area contributed by atoms with Crippen molar-refractivity contribution in [2.75, 3.05) is 6.54 Å². The second-order valence-corrected chi connectivity index (χ2v) is 5.94. The minimum atomic E-state index is -0.237. The average Bonchev–Trinajstić information content (AvgIpc) is 2.55. The third-order valence-electron chi connectivity index (χ3n) is 4.12. The van der Waals surface area contributed by atoms with Crippen LogP contribution in [-0.4, -0.2) is 15.7 Å². The van der Waals surface area contributed by atoms with Gasteiger partial charge in [0.1, 0.15) is 6.54 Å². The van der Waals surface area contributed by atoms with E-state index in [0.717, 1.165) is 38.0 Å². The lowest BCUT2D eigenvalue weighted by atomic mass is 10.2. The van der Waals surface area contributed by atoms with E-state index in [1.807, 2.05) is 13.0 Å². The van der Waals surface area contributed by atoms with Gasteiger partial charge in [-0.15, -0.1) is 0 Å². The van der Waals surface area contributed by atoms with Crippen LogP contribution in [0.15, 0.2) is 46.0 Å². The number of aryl methyl sites for hydroxylation is 1. The van der Waals surface area contributed by atoms with Gasteiger partial charge in [-0.1, -0.05) is 30.3 Å². The fourth-order valence-corrected chi connectivity index (χ4v) is 2.67. The van der Waals surface area contributed by atoms with E-state index >= 15 is 0 Å². The van der Waals surface area contributed by atoms with Crippen molar-refractivity contribution in [2.24, 2.45) is 7.05 Å². The second kappa shape index (κ2) is 8.48. The van der Waals surface area contributed by atoms with Crippen molar-refractivity contribution in [1.29, 1.82) is 0 Å². The molecule has 0 saturated heterocycles. The van der Waals surface area contributed by atoms with Gasteiger partial charge in [0.15, 0.2) is 0 Å². The Labute approximate surface area is 136 Å². The summed E-state index contributed by atoms with van der Waals surface area (Å²) >= 11 is 0. The van der Waals surface area contributed by atoms with Gasteiger partial charge < -0.3 is 5.32 Å². The number of hydrogen-bond acceptors (Lipinski definition) is 2. The molecule has 5 nitrogen and oxygen atoms in total. The molecule has 1 aromatic carbocycles. The highest BCUT2D eigenvalue weighted by atomic mass is 16.2. The third-order valence-corrected chi connectivity index (χ3v) is 4.12. The third kappa shape index (κ3) is 4.93. The van der Waals surface area contributed by atoms with E-state index in [1.165, 1.54) is 23.2 Å². The highest BCUT2D eigenvalue weighted by molar-refractivity contribution is 5.12. The van der Waals surface area contributed by atoms with Gasteiger partial charge in [0, 0.05) is 30.9 Å². The Bertz CT molecular complexity index is 732. The first-order valence-electron chi connectivity index (χ1n) is 8.22. The quantitative estimate of drug-likeness (QED) is 0.732. The van der Waals surface area contributed by atoms with Crippen LogP contribution in [0.25, 0.3) is 0 Å². The molecule has 124 valence electrons. The fourth-order valence-electron chi connectivity index (χ4n) is 2.67. The zero-order valence-electron chi connectivity index (χ0n) is 14.0. The molecule has 2 N–H and O–H groups in total. The van der Waals surface area contributed by atoms with E-state index in [0.29, 0.717) is 6.54 Å². The van der Waals surface area contributed by atoms with Crippen molar-refractivity contribution in [3.05, 3.63) is 68.5 Å². The molecule has 0 bridgehead atoms. The van der Waals surface area contributed by atoms with Gasteiger partial charge in [-0.3, -0.25) is 13.9 Å². The molecule has 0 aliphatic heterocycles. The molecule has 5 heteroatoms. The molecule has 23 heavy (non-hydrogen) atoms. The van der Waals surface area contributed by atoms with Crippen LogP contribution in [-0.2, 0) is 20.1 Å². The Morgan fingerprint density at radius 2 is 1.78 bits per heavy atom. The number of nitrogens with zero attached hydrogens (tertiary/aromatic N) is 2. The summed E-state index contributed by atoms with van der Waals surface area (Å²) in [5.74, 6) is 0. The van der Waals surface area contributed by atoms with Gasteiger partial charge in [0.25, 0.3) is 5.56 Å². The zero-order valence-corrected chi connectivity index (χ0v) is 14.0. The summed E-state index contributed by atoms with van der Waals surface area (Å²) in [6, 6.07) is 12.0. The predicted molar refractivity (Wildman–Crippen MR) is 91.5 cm³/mol. The molecule has 0 aliphatic carbocycles. The first kappa shape index (κ1) is 17.2. The van der Waals surface area contributed by atoms with Crippen LogP contribution < -0.4 is 16.6 Å². The molecule has 0 saturated carbocycles. The molecule has 0 aliphatic rings. The summed E-state index contributed by atoms with van der Waals surface area (Å²) in [6.07, 6.45) is 3.17. The first-order valence-corrected chi connectivity index (χ1v) is 8.22. The summed E-state index contributed by atoms with van der Waals surface area (Å²) in [5, 5.41) is 2.32. The molecule has 0 radical (unpaired) electrons. The van der Waals surface area contributed by atoms with Crippen LogP contribution >= 0.6 is 0 Å². The number of unbranched alkanes of at least 4 members (excludes halogenated alkanes) is 2. The molecular formula is C18H26N3O2+. The standard InChI is InChI=1S/C18H25N3O2/c1-15-13-17(22)20(2)18(23)21(15)12-8-4-7-11-19-14-16-9-5-3-6-10-16/h3,5-6,9-10,13,19H,4,7-8,11-12,14H2,1-2H3/p+1. The number of aromatic nitrogens is 2.